The molecule has 15 nitrogen and oxygen atoms in total. The molecule has 0 bridgehead atoms. The first-order valence-corrected chi connectivity index (χ1v) is 17.1. The number of hydrogen-bond acceptors (Lipinski definition) is 14. The zero-order valence-corrected chi connectivity index (χ0v) is 28.3. The molecule has 0 saturated carbocycles. The Kier molecular flexibility index (Phi) is 10.4. The Morgan fingerprint density at radius 3 is 2.25 bits per heavy atom. The molecule has 260 valence electrons. The van der Waals surface area contributed by atoms with Crippen molar-refractivity contribution in [3.63, 3.8) is 0 Å². The number of β-lactam (4-membered cyclic amide) rings is 1. The maximum Gasteiger partial charge on any atom is 0.356 e. The van der Waals surface area contributed by atoms with Gasteiger partial charge in [0.15, 0.2) is 16.9 Å². The van der Waals surface area contributed by atoms with Crippen LogP contribution in [0.5, 0.6) is 0 Å². The molecule has 2 aliphatic heterocycles. The second-order valence-corrected chi connectivity index (χ2v) is 13.0. The van der Waals surface area contributed by atoms with Crippen LogP contribution in [0.3, 0.4) is 0 Å². The number of nitrogens with one attached hydrogen (secondary N) is 1. The second-order valence-electron chi connectivity index (χ2n) is 11.0. The van der Waals surface area contributed by atoms with Crippen molar-refractivity contribution in [1.82, 2.24) is 15.2 Å². The molecule has 3 aromatic carbocycles. The minimum absolute atomic E-state index is 0.0538. The number of hydrogen-bond donors (Lipinski definition) is 2. The molecule has 17 heteroatoms. The fourth-order valence-corrected chi connectivity index (χ4v) is 7.26. The number of nitrogens with two attached hydrogens (primary N) is 1. The third-order valence-corrected chi connectivity index (χ3v) is 9.82. The summed E-state index contributed by atoms with van der Waals surface area (Å²) in [5, 5.41) is 18.5. The number of nitro benzene ring substituents is 1. The standard InChI is InChI=1S/C34H28N6O9S2/c1-47-38-25(24-18-51-34(35)36-24)29(41)37-26-30(42)39-27(33(44)49-28(19-8-4-2-5-9-19)20-10-6-3-7-11-20)22(17-50-31(26)39)16-48-32(43)21-12-14-23(15-13-21)40(45)46/h2-15,18,26,28,31H,16-17H2,1H3,(H2,35,36)(H,37,41)/t26?,31-/m0/s1. The lowest BCUT2D eigenvalue weighted by molar-refractivity contribution is -0.384. The van der Waals surface area contributed by atoms with Crippen LogP contribution in [-0.4, -0.2) is 75.2 Å². The lowest BCUT2D eigenvalue weighted by atomic mass is 10.0. The number of thiazole rings is 1. The number of oxime groups is 1. The SMILES string of the molecule is CON=C(C(=O)NC1C(=O)N2C(C(=O)OC(c3ccccc3)c3ccccc3)=C(COC(=O)c3ccc([N+](=O)[O-])cc3)CS[C@@H]12)c1csc(N)n1. The number of amides is 2. The van der Waals surface area contributed by atoms with E-state index in [1.807, 2.05) is 36.4 Å². The van der Waals surface area contributed by atoms with Gasteiger partial charge in [-0.3, -0.25) is 24.6 Å². The van der Waals surface area contributed by atoms with Crippen LogP contribution in [0.25, 0.3) is 0 Å². The van der Waals surface area contributed by atoms with Crippen LogP contribution in [-0.2, 0) is 28.7 Å². The number of esters is 2. The van der Waals surface area contributed by atoms with E-state index in [2.05, 4.69) is 15.5 Å². The van der Waals surface area contributed by atoms with Gasteiger partial charge in [0, 0.05) is 28.8 Å². The summed E-state index contributed by atoms with van der Waals surface area (Å²) in [5.74, 6) is -2.88. The van der Waals surface area contributed by atoms with Gasteiger partial charge < -0.3 is 25.4 Å². The quantitative estimate of drug-likeness (QED) is 0.0702. The Morgan fingerprint density at radius 1 is 1.04 bits per heavy atom. The fourth-order valence-electron chi connectivity index (χ4n) is 5.39. The summed E-state index contributed by atoms with van der Waals surface area (Å²) in [5.41, 5.74) is 7.07. The van der Waals surface area contributed by atoms with E-state index in [0.29, 0.717) is 11.1 Å². The van der Waals surface area contributed by atoms with Crippen molar-refractivity contribution in [2.24, 2.45) is 5.16 Å². The van der Waals surface area contributed by atoms with Gasteiger partial charge in [0.1, 0.15) is 36.5 Å². The summed E-state index contributed by atoms with van der Waals surface area (Å²) in [4.78, 5) is 74.8. The molecule has 4 aromatic rings. The lowest BCUT2D eigenvalue weighted by Gasteiger charge is -2.49. The molecule has 6 rings (SSSR count). The predicted octanol–water partition coefficient (Wildman–Crippen LogP) is 3.83. The van der Waals surface area contributed by atoms with Gasteiger partial charge in [-0.2, -0.15) is 0 Å². The molecular weight excluding hydrogens is 701 g/mol. The Balaban J connectivity index is 1.28. The minimum atomic E-state index is -1.06. The summed E-state index contributed by atoms with van der Waals surface area (Å²) in [6, 6.07) is 21.9. The van der Waals surface area contributed by atoms with Gasteiger partial charge in [0.2, 0.25) is 0 Å². The highest BCUT2D eigenvalue weighted by atomic mass is 32.2. The Bertz CT molecular complexity index is 2000. The monoisotopic (exact) mass is 728 g/mol. The van der Waals surface area contributed by atoms with E-state index in [4.69, 9.17) is 20.0 Å². The first-order valence-electron chi connectivity index (χ1n) is 15.2. The van der Waals surface area contributed by atoms with Crippen LogP contribution in [0.2, 0.25) is 0 Å². The number of carbonyl (C=O) groups is 4. The molecule has 2 amide bonds. The van der Waals surface area contributed by atoms with Crippen LogP contribution in [0.1, 0.15) is 33.3 Å². The first kappa shape index (κ1) is 34.8. The average Bonchev–Trinajstić information content (AvgIpc) is 3.59. The van der Waals surface area contributed by atoms with Crippen molar-refractivity contribution in [1.29, 1.82) is 0 Å². The van der Waals surface area contributed by atoms with Crippen LogP contribution in [0, 0.1) is 10.1 Å². The lowest BCUT2D eigenvalue weighted by Crippen LogP contribution is -2.71. The van der Waals surface area contributed by atoms with E-state index in [1.54, 1.807) is 24.3 Å². The molecule has 1 aromatic heterocycles. The molecule has 51 heavy (non-hydrogen) atoms. The van der Waals surface area contributed by atoms with Gasteiger partial charge in [-0.25, -0.2) is 14.6 Å². The second kappa shape index (κ2) is 15.2. The number of non-ortho nitro benzene ring substituents is 1. The highest BCUT2D eigenvalue weighted by molar-refractivity contribution is 8.00. The van der Waals surface area contributed by atoms with Gasteiger partial charge in [0.25, 0.3) is 17.5 Å². The maximum atomic E-state index is 14.2. The number of fused-ring (bicyclic) bond motifs is 1. The van der Waals surface area contributed by atoms with E-state index in [9.17, 15) is 29.3 Å². The summed E-state index contributed by atoms with van der Waals surface area (Å²) < 4.78 is 11.6. The number of nitro groups is 1. The molecule has 1 fully saturated rings. The van der Waals surface area contributed by atoms with Gasteiger partial charge in [-0.1, -0.05) is 65.8 Å². The maximum absolute atomic E-state index is 14.2. The van der Waals surface area contributed by atoms with Crippen LogP contribution >= 0.6 is 23.1 Å². The molecule has 3 heterocycles. The van der Waals surface area contributed by atoms with Crippen molar-refractivity contribution in [3.05, 3.63) is 134 Å². The van der Waals surface area contributed by atoms with E-state index in [1.165, 1.54) is 53.4 Å². The van der Waals surface area contributed by atoms with Gasteiger partial charge in [-0.05, 0) is 23.3 Å². The molecule has 0 aliphatic carbocycles. The number of carbonyl (C=O) groups excluding carboxylic acids is 4. The summed E-state index contributed by atoms with van der Waals surface area (Å²) >= 11 is 2.34. The number of thioether (sulfide) groups is 1. The molecule has 2 aliphatic rings. The predicted molar refractivity (Wildman–Crippen MR) is 186 cm³/mol. The summed E-state index contributed by atoms with van der Waals surface area (Å²) in [6.45, 7) is -0.391. The highest BCUT2D eigenvalue weighted by Crippen LogP contribution is 2.42. The topological polar surface area (TPSA) is 206 Å². The third kappa shape index (κ3) is 7.43. The Hall–Kier alpha value is -6.07. The van der Waals surface area contributed by atoms with Crippen LogP contribution < -0.4 is 11.1 Å². The van der Waals surface area contributed by atoms with E-state index < -0.39 is 52.8 Å². The van der Waals surface area contributed by atoms with Crippen LogP contribution in [0.15, 0.2) is 107 Å². The minimum Gasteiger partial charge on any atom is -0.457 e. The largest absolute Gasteiger partial charge is 0.457 e. The summed E-state index contributed by atoms with van der Waals surface area (Å²) in [6.07, 6.45) is -0.852. The average molecular weight is 729 g/mol. The van der Waals surface area contributed by atoms with E-state index in [0.717, 1.165) is 11.3 Å². The number of anilines is 1. The third-order valence-electron chi connectivity index (χ3n) is 7.81. The smallest absolute Gasteiger partial charge is 0.356 e. The first-order chi connectivity index (χ1) is 24.7. The number of nitrogens with zero attached hydrogens (tertiary/aromatic N) is 4. The number of benzene rings is 3. The van der Waals surface area contributed by atoms with Crippen molar-refractivity contribution in [2.45, 2.75) is 17.5 Å². The van der Waals surface area contributed by atoms with E-state index in [-0.39, 0.29) is 44.8 Å². The van der Waals surface area contributed by atoms with Crippen molar-refractivity contribution < 1.29 is 38.4 Å². The Morgan fingerprint density at radius 2 is 1.69 bits per heavy atom. The zero-order chi connectivity index (χ0) is 36.1. The fraction of sp³-hybridized carbons (Fsp3) is 0.176. The highest BCUT2D eigenvalue weighted by Gasteiger charge is 2.55. The number of aromatic nitrogens is 1. The molecular formula is C34H28N6O9S2. The number of nitrogen functional groups attached to an aromatic ring is 1. The van der Waals surface area contributed by atoms with Gasteiger partial charge in [-0.15, -0.1) is 23.1 Å². The molecule has 3 N–H and O–H groups in total. The molecule has 0 spiro atoms. The number of rotatable bonds is 12. The van der Waals surface area contributed by atoms with Gasteiger partial charge >= 0.3 is 11.9 Å². The van der Waals surface area contributed by atoms with Crippen LogP contribution in [0.4, 0.5) is 10.8 Å². The molecule has 2 atom stereocenters. The van der Waals surface area contributed by atoms with E-state index >= 15 is 0 Å². The molecule has 0 radical (unpaired) electrons. The van der Waals surface area contributed by atoms with Crippen molar-refractivity contribution in [2.75, 3.05) is 25.2 Å². The van der Waals surface area contributed by atoms with Crippen molar-refractivity contribution in [3.8, 4) is 0 Å². The molecule has 1 saturated heterocycles. The number of ether oxygens (including phenoxy) is 2. The Labute approximate surface area is 298 Å². The summed E-state index contributed by atoms with van der Waals surface area (Å²) in [7, 11) is 1.26. The normalized spacial score (nSPS) is 16.9. The van der Waals surface area contributed by atoms with Gasteiger partial charge in [0.05, 0.1) is 10.5 Å². The molecule has 1 unspecified atom stereocenters. The zero-order valence-electron chi connectivity index (χ0n) is 26.7. The van der Waals surface area contributed by atoms with Crippen molar-refractivity contribution >= 4 is 63.4 Å².